The molecule has 5 nitrogen and oxygen atoms in total. The van der Waals surface area contributed by atoms with Crippen molar-refractivity contribution in [1.82, 2.24) is 0 Å². The summed E-state index contributed by atoms with van der Waals surface area (Å²) in [6.07, 6.45) is -0.240. The summed E-state index contributed by atoms with van der Waals surface area (Å²) < 4.78 is 57.7. The lowest BCUT2D eigenvalue weighted by molar-refractivity contribution is -0.142. The van der Waals surface area contributed by atoms with Gasteiger partial charge in [0.15, 0.2) is 0 Å². The second-order valence-corrected chi connectivity index (χ2v) is 8.57. The number of alkyl halides is 3. The lowest BCUT2D eigenvalue weighted by atomic mass is 9.95. The first-order valence-corrected chi connectivity index (χ1v) is 11.9. The quantitative estimate of drug-likeness (QED) is 0.121. The first kappa shape index (κ1) is 27.0. The molecule has 0 aliphatic carbocycles. The van der Waals surface area contributed by atoms with E-state index >= 15 is 0 Å². The van der Waals surface area contributed by atoms with Crippen LogP contribution in [0.25, 0.3) is 22.1 Å². The van der Waals surface area contributed by atoms with E-state index < -0.39 is 23.3 Å². The van der Waals surface area contributed by atoms with Crippen molar-refractivity contribution in [3.8, 4) is 16.9 Å². The van der Waals surface area contributed by atoms with E-state index in [1.807, 2.05) is 6.92 Å². The molecule has 0 amide bonds. The molecule has 0 saturated carbocycles. The van der Waals surface area contributed by atoms with Gasteiger partial charge in [0, 0.05) is 29.5 Å². The van der Waals surface area contributed by atoms with Crippen molar-refractivity contribution >= 4 is 16.9 Å². The third-order valence-corrected chi connectivity index (χ3v) is 5.73. The molecule has 192 valence electrons. The third-order valence-electron chi connectivity index (χ3n) is 5.73. The standard InChI is InChI=1S/C28H29F3O5/c1-4-6-7-8-19-9-12-22(24(15-19)28(29,30)31)23-16-20-10-11-21(17-25(20)36-27(23)33)34-14-13-18(3)35-26(32)5-2/h5,9-12,15-18H,2,4,6-8,13-14H2,1,3H3. The van der Waals surface area contributed by atoms with E-state index in [1.165, 1.54) is 18.2 Å². The van der Waals surface area contributed by atoms with Gasteiger partial charge in [-0.1, -0.05) is 38.5 Å². The van der Waals surface area contributed by atoms with E-state index in [0.717, 1.165) is 31.4 Å². The highest BCUT2D eigenvalue weighted by Gasteiger charge is 2.34. The fraction of sp³-hybridized carbons (Fsp3) is 0.357. The molecule has 0 bridgehead atoms. The fourth-order valence-electron chi connectivity index (χ4n) is 3.81. The predicted octanol–water partition coefficient (Wildman–Crippen LogP) is 7.10. The summed E-state index contributed by atoms with van der Waals surface area (Å²) in [5.41, 5.74) is -1.30. The Morgan fingerprint density at radius 1 is 1.11 bits per heavy atom. The van der Waals surface area contributed by atoms with E-state index in [9.17, 15) is 22.8 Å². The molecule has 0 fully saturated rings. The van der Waals surface area contributed by atoms with Crippen molar-refractivity contribution in [3.05, 3.63) is 76.7 Å². The monoisotopic (exact) mass is 502 g/mol. The maximum Gasteiger partial charge on any atom is 0.417 e. The molecule has 36 heavy (non-hydrogen) atoms. The fourth-order valence-corrected chi connectivity index (χ4v) is 3.81. The van der Waals surface area contributed by atoms with Crippen molar-refractivity contribution in [2.24, 2.45) is 0 Å². The van der Waals surface area contributed by atoms with Crippen LogP contribution in [-0.4, -0.2) is 18.7 Å². The Kier molecular flexibility index (Phi) is 8.96. The third kappa shape index (κ3) is 6.99. The summed E-state index contributed by atoms with van der Waals surface area (Å²) in [6.45, 7) is 7.33. The van der Waals surface area contributed by atoms with Crippen molar-refractivity contribution in [2.75, 3.05) is 6.61 Å². The molecule has 0 aliphatic rings. The zero-order valence-electron chi connectivity index (χ0n) is 20.3. The Morgan fingerprint density at radius 2 is 1.89 bits per heavy atom. The molecular weight excluding hydrogens is 473 g/mol. The Bertz CT molecular complexity index is 1280. The lowest BCUT2D eigenvalue weighted by Gasteiger charge is -2.15. The Hall–Kier alpha value is -3.55. The SMILES string of the molecule is C=CC(=O)OC(C)CCOc1ccc2cc(-c3ccc(CCCCC)cc3C(F)(F)F)c(=O)oc2c1. The molecular formula is C28H29F3O5. The number of unbranched alkanes of at least 4 members (excludes halogenated alkanes) is 2. The topological polar surface area (TPSA) is 65.7 Å². The highest BCUT2D eigenvalue weighted by molar-refractivity contribution is 5.83. The van der Waals surface area contributed by atoms with Crippen molar-refractivity contribution in [1.29, 1.82) is 0 Å². The number of fused-ring (bicyclic) bond motifs is 1. The van der Waals surface area contributed by atoms with Gasteiger partial charge in [-0.2, -0.15) is 13.2 Å². The van der Waals surface area contributed by atoms with E-state index in [1.54, 1.807) is 25.1 Å². The van der Waals surface area contributed by atoms with Crippen LogP contribution in [0.15, 0.2) is 64.3 Å². The Morgan fingerprint density at radius 3 is 2.58 bits per heavy atom. The summed E-state index contributed by atoms with van der Waals surface area (Å²) in [5.74, 6) is -0.112. The molecule has 1 unspecified atom stereocenters. The highest BCUT2D eigenvalue weighted by atomic mass is 19.4. The van der Waals surface area contributed by atoms with Crippen molar-refractivity contribution in [2.45, 2.75) is 58.2 Å². The summed E-state index contributed by atoms with van der Waals surface area (Å²) in [4.78, 5) is 23.9. The Balaban J connectivity index is 1.84. The molecule has 8 heteroatoms. The van der Waals surface area contributed by atoms with Crippen LogP contribution < -0.4 is 10.4 Å². The first-order chi connectivity index (χ1) is 17.1. The maximum atomic E-state index is 13.9. The van der Waals surface area contributed by atoms with E-state index in [2.05, 4.69) is 6.58 Å². The molecule has 0 spiro atoms. The second kappa shape index (κ2) is 11.9. The second-order valence-electron chi connectivity index (χ2n) is 8.57. The van der Waals surface area contributed by atoms with E-state index in [0.29, 0.717) is 29.5 Å². The number of carbonyl (C=O) groups is 1. The zero-order chi connectivity index (χ0) is 26.3. The van der Waals surface area contributed by atoms with Crippen LogP contribution in [0.5, 0.6) is 5.75 Å². The normalized spacial score (nSPS) is 12.4. The number of ether oxygens (including phenoxy) is 2. The van der Waals surface area contributed by atoms with Crippen LogP contribution in [0.2, 0.25) is 0 Å². The summed E-state index contributed by atoms with van der Waals surface area (Å²) in [6, 6.07) is 10.3. The maximum absolute atomic E-state index is 13.9. The molecule has 0 N–H and O–H groups in total. The van der Waals surface area contributed by atoms with Crippen LogP contribution in [0, 0.1) is 0 Å². The number of esters is 1. The number of hydrogen-bond acceptors (Lipinski definition) is 5. The van der Waals surface area contributed by atoms with Crippen molar-refractivity contribution in [3.63, 3.8) is 0 Å². The molecule has 1 atom stereocenters. The molecule has 2 aromatic carbocycles. The van der Waals surface area contributed by atoms with Gasteiger partial charge < -0.3 is 13.9 Å². The average Bonchev–Trinajstić information content (AvgIpc) is 2.83. The molecule has 0 aliphatic heterocycles. The van der Waals surface area contributed by atoms with Gasteiger partial charge in [-0.25, -0.2) is 9.59 Å². The lowest BCUT2D eigenvalue weighted by Crippen LogP contribution is -2.16. The van der Waals surface area contributed by atoms with E-state index in [4.69, 9.17) is 13.9 Å². The molecule has 0 saturated heterocycles. The van der Waals surface area contributed by atoms with Crippen LogP contribution in [0.3, 0.4) is 0 Å². The van der Waals surface area contributed by atoms with Crippen LogP contribution in [0.4, 0.5) is 13.2 Å². The Labute approximate surface area is 207 Å². The molecule has 1 heterocycles. The molecule has 3 rings (SSSR count). The number of benzene rings is 2. The number of halogens is 3. The smallest absolute Gasteiger partial charge is 0.417 e. The highest BCUT2D eigenvalue weighted by Crippen LogP contribution is 2.38. The first-order valence-electron chi connectivity index (χ1n) is 11.9. The number of carbonyl (C=O) groups excluding carboxylic acids is 1. The summed E-state index contributed by atoms with van der Waals surface area (Å²) >= 11 is 0. The van der Waals surface area contributed by atoms with Crippen LogP contribution >= 0.6 is 0 Å². The van der Waals surface area contributed by atoms with Gasteiger partial charge in [0.25, 0.3) is 0 Å². The van der Waals surface area contributed by atoms with Crippen LogP contribution in [-0.2, 0) is 22.1 Å². The number of hydrogen-bond donors (Lipinski definition) is 0. The minimum absolute atomic E-state index is 0.151. The molecule has 1 aromatic heterocycles. The van der Waals surface area contributed by atoms with Crippen LogP contribution in [0.1, 0.15) is 50.7 Å². The van der Waals surface area contributed by atoms with Gasteiger partial charge in [0.1, 0.15) is 17.4 Å². The van der Waals surface area contributed by atoms with Gasteiger partial charge in [-0.05, 0) is 49.6 Å². The van der Waals surface area contributed by atoms with Gasteiger partial charge in [0.2, 0.25) is 0 Å². The molecule has 0 radical (unpaired) electrons. The minimum Gasteiger partial charge on any atom is -0.493 e. The number of aryl methyl sites for hydroxylation is 1. The van der Waals surface area contributed by atoms with Gasteiger partial charge >= 0.3 is 17.8 Å². The zero-order valence-corrected chi connectivity index (χ0v) is 20.3. The van der Waals surface area contributed by atoms with Crippen molar-refractivity contribution < 1.29 is 31.9 Å². The largest absolute Gasteiger partial charge is 0.493 e. The average molecular weight is 503 g/mol. The van der Waals surface area contributed by atoms with Gasteiger partial charge in [-0.3, -0.25) is 0 Å². The number of rotatable bonds is 11. The predicted molar refractivity (Wildman–Crippen MR) is 132 cm³/mol. The van der Waals surface area contributed by atoms with E-state index in [-0.39, 0.29) is 29.4 Å². The summed E-state index contributed by atoms with van der Waals surface area (Å²) in [5, 5.41) is 0.463. The van der Waals surface area contributed by atoms with Gasteiger partial charge in [-0.15, -0.1) is 0 Å². The summed E-state index contributed by atoms with van der Waals surface area (Å²) in [7, 11) is 0. The minimum atomic E-state index is -4.62. The molecule has 3 aromatic rings. The van der Waals surface area contributed by atoms with Gasteiger partial charge in [0.05, 0.1) is 17.7 Å².